The molecule has 4 rings (SSSR count). The molecule has 0 bridgehead atoms. The Bertz CT molecular complexity index is 850. The molecule has 0 aliphatic carbocycles. The van der Waals surface area contributed by atoms with Crippen LogP contribution in [0.4, 0.5) is 11.5 Å². The zero-order valence-corrected chi connectivity index (χ0v) is 16.4. The van der Waals surface area contributed by atoms with E-state index in [9.17, 15) is 4.79 Å². The minimum atomic E-state index is -0.248. The molecule has 1 aromatic carbocycles. The second kappa shape index (κ2) is 8.16. The fourth-order valence-corrected chi connectivity index (χ4v) is 3.94. The van der Waals surface area contributed by atoms with E-state index in [1.807, 2.05) is 30.3 Å². The highest BCUT2D eigenvalue weighted by molar-refractivity contribution is 6.00. The van der Waals surface area contributed by atoms with Crippen LogP contribution in [0.15, 0.2) is 36.4 Å². The van der Waals surface area contributed by atoms with E-state index in [-0.39, 0.29) is 11.9 Å². The Kier molecular flexibility index (Phi) is 5.45. The summed E-state index contributed by atoms with van der Waals surface area (Å²) in [6, 6.07) is 11.5. The second-order valence-corrected chi connectivity index (χ2v) is 7.23. The minimum absolute atomic E-state index is 0.0642. The molecule has 0 spiro atoms. The van der Waals surface area contributed by atoms with Crippen molar-refractivity contribution in [3.8, 4) is 5.75 Å². The molecule has 0 radical (unpaired) electrons. The van der Waals surface area contributed by atoms with E-state index in [1.165, 1.54) is 5.56 Å². The third-order valence-corrected chi connectivity index (χ3v) is 5.48. The van der Waals surface area contributed by atoms with Crippen LogP contribution < -0.4 is 25.8 Å². The van der Waals surface area contributed by atoms with E-state index in [0.29, 0.717) is 12.5 Å². The van der Waals surface area contributed by atoms with Gasteiger partial charge in [0.05, 0.1) is 7.11 Å². The number of pyridine rings is 1. The minimum Gasteiger partial charge on any atom is -0.497 e. The number of benzene rings is 1. The Morgan fingerprint density at radius 1 is 1.25 bits per heavy atom. The van der Waals surface area contributed by atoms with Gasteiger partial charge in [-0.2, -0.15) is 0 Å². The lowest BCUT2D eigenvalue weighted by Gasteiger charge is -2.20. The quantitative estimate of drug-likeness (QED) is 0.711. The number of nitrogens with one attached hydrogen (secondary N) is 3. The number of hydrogen-bond acceptors (Lipinski definition) is 6. The zero-order valence-electron chi connectivity index (χ0n) is 16.4. The molecule has 1 amide bonds. The summed E-state index contributed by atoms with van der Waals surface area (Å²) in [5.74, 6) is 2.01. The molecule has 0 saturated carbocycles. The summed E-state index contributed by atoms with van der Waals surface area (Å²) in [5.41, 5.74) is 9.58. The van der Waals surface area contributed by atoms with E-state index >= 15 is 0 Å². The molecule has 7 nitrogen and oxygen atoms in total. The summed E-state index contributed by atoms with van der Waals surface area (Å²) in [6.45, 7) is 4.60. The van der Waals surface area contributed by atoms with Crippen LogP contribution in [0.1, 0.15) is 30.5 Å². The highest BCUT2D eigenvalue weighted by atomic mass is 16.5. The first-order chi connectivity index (χ1) is 13.7. The molecule has 7 heteroatoms. The van der Waals surface area contributed by atoms with Crippen LogP contribution in [0.25, 0.3) is 0 Å². The largest absolute Gasteiger partial charge is 0.497 e. The van der Waals surface area contributed by atoms with Crippen molar-refractivity contribution < 1.29 is 9.53 Å². The molecule has 3 heterocycles. The van der Waals surface area contributed by atoms with Gasteiger partial charge in [-0.05, 0) is 36.6 Å². The number of rotatable bonds is 6. The molecule has 1 aromatic heterocycles. The van der Waals surface area contributed by atoms with Crippen molar-refractivity contribution >= 4 is 17.4 Å². The average molecular weight is 381 g/mol. The topological polar surface area (TPSA) is 78.5 Å². The summed E-state index contributed by atoms with van der Waals surface area (Å²) in [7, 11) is 1.64. The third kappa shape index (κ3) is 3.68. The summed E-state index contributed by atoms with van der Waals surface area (Å²) in [5, 5.41) is 3.33. The van der Waals surface area contributed by atoms with E-state index in [4.69, 9.17) is 9.72 Å². The van der Waals surface area contributed by atoms with Gasteiger partial charge < -0.3 is 10.1 Å². The summed E-state index contributed by atoms with van der Waals surface area (Å²) < 4.78 is 5.26. The predicted molar refractivity (Wildman–Crippen MR) is 110 cm³/mol. The Balaban J connectivity index is 1.49. The maximum absolute atomic E-state index is 13.0. The maximum atomic E-state index is 13.0. The normalized spacial score (nSPS) is 20.0. The van der Waals surface area contributed by atoms with Crippen molar-refractivity contribution in [2.24, 2.45) is 0 Å². The molecule has 2 aromatic rings. The molecule has 2 aliphatic heterocycles. The van der Waals surface area contributed by atoms with Crippen molar-refractivity contribution in [3.63, 3.8) is 0 Å². The molecule has 1 atom stereocenters. The second-order valence-electron chi connectivity index (χ2n) is 7.23. The first-order valence-corrected chi connectivity index (χ1v) is 9.87. The standard InChI is InChI=1S/C21H27N5O2/c1-3-18-17(14-12-22-23-13-14)7-8-20(25-18)26-10-9-19(21(26)27)24-15-5-4-6-16(11-15)28-2/h4-8,11,14,19,22-24H,3,9-10,12-13H2,1-2H3. The van der Waals surface area contributed by atoms with Gasteiger partial charge in [0.2, 0.25) is 0 Å². The van der Waals surface area contributed by atoms with Crippen molar-refractivity contribution in [1.29, 1.82) is 0 Å². The molecular formula is C21H27N5O2. The molecule has 28 heavy (non-hydrogen) atoms. The Morgan fingerprint density at radius 3 is 2.82 bits per heavy atom. The van der Waals surface area contributed by atoms with Crippen LogP contribution in [0, 0.1) is 0 Å². The first-order valence-electron chi connectivity index (χ1n) is 9.87. The Hall–Kier alpha value is -2.64. The fraction of sp³-hybridized carbons (Fsp3) is 0.429. The number of nitrogens with zero attached hydrogens (tertiary/aromatic N) is 2. The number of methoxy groups -OCH3 is 1. The number of aromatic nitrogens is 1. The van der Waals surface area contributed by atoms with Crippen LogP contribution in [-0.4, -0.2) is 43.7 Å². The predicted octanol–water partition coefficient (Wildman–Crippen LogP) is 2.06. The Morgan fingerprint density at radius 2 is 2.07 bits per heavy atom. The molecule has 1 unspecified atom stereocenters. The van der Waals surface area contributed by atoms with Crippen molar-refractivity contribution in [2.75, 3.05) is 37.0 Å². The molecule has 2 saturated heterocycles. The number of anilines is 2. The summed E-state index contributed by atoms with van der Waals surface area (Å²) in [6.07, 6.45) is 1.60. The highest BCUT2D eigenvalue weighted by Gasteiger charge is 2.33. The maximum Gasteiger partial charge on any atom is 0.250 e. The van der Waals surface area contributed by atoms with Gasteiger partial charge in [0.15, 0.2) is 0 Å². The third-order valence-electron chi connectivity index (χ3n) is 5.48. The van der Waals surface area contributed by atoms with Gasteiger partial charge in [-0.3, -0.25) is 20.5 Å². The molecular weight excluding hydrogens is 354 g/mol. The van der Waals surface area contributed by atoms with Gasteiger partial charge in [0.1, 0.15) is 17.6 Å². The monoisotopic (exact) mass is 381 g/mol. The zero-order chi connectivity index (χ0) is 19.5. The highest BCUT2D eigenvalue weighted by Crippen LogP contribution is 2.27. The van der Waals surface area contributed by atoms with Crippen molar-refractivity contribution in [3.05, 3.63) is 47.7 Å². The van der Waals surface area contributed by atoms with Crippen LogP contribution in [0.3, 0.4) is 0 Å². The number of carbonyl (C=O) groups excluding carboxylic acids is 1. The molecule has 3 N–H and O–H groups in total. The van der Waals surface area contributed by atoms with Gasteiger partial charge in [0, 0.05) is 43.0 Å². The van der Waals surface area contributed by atoms with Gasteiger partial charge >= 0.3 is 0 Å². The van der Waals surface area contributed by atoms with Gasteiger partial charge in [-0.25, -0.2) is 4.98 Å². The molecule has 2 aliphatic rings. The number of aryl methyl sites for hydroxylation is 1. The van der Waals surface area contributed by atoms with Crippen molar-refractivity contribution in [2.45, 2.75) is 31.7 Å². The first kappa shape index (κ1) is 18.7. The van der Waals surface area contributed by atoms with E-state index in [2.05, 4.69) is 29.2 Å². The number of hydrazine groups is 1. The SMILES string of the molecule is CCc1nc(N2CCC(Nc3cccc(OC)c3)C2=O)ccc1C1CNNC1. The lowest BCUT2D eigenvalue weighted by Crippen LogP contribution is -2.34. The number of hydrogen-bond donors (Lipinski definition) is 3. The summed E-state index contributed by atoms with van der Waals surface area (Å²) in [4.78, 5) is 19.6. The fourth-order valence-electron chi connectivity index (χ4n) is 3.94. The van der Waals surface area contributed by atoms with Crippen LogP contribution in [0.5, 0.6) is 5.75 Å². The van der Waals surface area contributed by atoms with Crippen molar-refractivity contribution in [1.82, 2.24) is 15.8 Å². The van der Waals surface area contributed by atoms with Gasteiger partial charge in [0.25, 0.3) is 5.91 Å². The smallest absolute Gasteiger partial charge is 0.250 e. The average Bonchev–Trinajstić information content (AvgIpc) is 3.38. The van der Waals surface area contributed by atoms with Crippen LogP contribution in [0.2, 0.25) is 0 Å². The lowest BCUT2D eigenvalue weighted by molar-refractivity contribution is -0.117. The van der Waals surface area contributed by atoms with Gasteiger partial charge in [-0.1, -0.05) is 19.1 Å². The summed E-state index contributed by atoms with van der Waals surface area (Å²) >= 11 is 0. The van der Waals surface area contributed by atoms with Crippen LogP contribution >= 0.6 is 0 Å². The van der Waals surface area contributed by atoms with Gasteiger partial charge in [-0.15, -0.1) is 0 Å². The number of amides is 1. The van der Waals surface area contributed by atoms with Crippen LogP contribution in [-0.2, 0) is 11.2 Å². The number of ether oxygens (including phenoxy) is 1. The van der Waals surface area contributed by atoms with E-state index in [0.717, 1.165) is 48.9 Å². The Labute approximate surface area is 165 Å². The lowest BCUT2D eigenvalue weighted by atomic mass is 9.97. The molecule has 2 fully saturated rings. The van der Waals surface area contributed by atoms with E-state index < -0.39 is 0 Å². The number of carbonyl (C=O) groups is 1. The molecule has 148 valence electrons. The van der Waals surface area contributed by atoms with E-state index in [1.54, 1.807) is 12.0 Å².